The van der Waals surface area contributed by atoms with Gasteiger partial charge in [-0.05, 0) is 18.2 Å². The minimum atomic E-state index is -2.43. The summed E-state index contributed by atoms with van der Waals surface area (Å²) in [7, 11) is 0. The number of alkyl halides is 2. The molecule has 0 radical (unpaired) electrons. The molecule has 1 unspecified atom stereocenters. The molecule has 1 aromatic rings. The molecule has 20 heavy (non-hydrogen) atoms. The van der Waals surface area contributed by atoms with Gasteiger partial charge in [0.05, 0.1) is 0 Å². The van der Waals surface area contributed by atoms with Crippen LogP contribution >= 0.6 is 0 Å². The Morgan fingerprint density at radius 3 is 2.35 bits per heavy atom. The van der Waals surface area contributed by atoms with Crippen molar-refractivity contribution in [3.05, 3.63) is 35.4 Å². The summed E-state index contributed by atoms with van der Waals surface area (Å²) >= 11 is 0. The molecule has 3 nitrogen and oxygen atoms in total. The highest BCUT2D eigenvalue weighted by Crippen LogP contribution is 2.26. The first-order valence-electron chi connectivity index (χ1n) is 7.20. The molecule has 0 aromatic heterocycles. The van der Waals surface area contributed by atoms with Crippen LogP contribution in [0.2, 0.25) is 0 Å². The highest BCUT2D eigenvalue weighted by atomic mass is 19.3. The Labute approximate surface area is 119 Å². The van der Waals surface area contributed by atoms with Gasteiger partial charge in [0.2, 0.25) is 0 Å². The zero-order valence-corrected chi connectivity index (χ0v) is 11.9. The molecular weight excluding hydrogens is 260 g/mol. The summed E-state index contributed by atoms with van der Waals surface area (Å²) in [5.41, 5.74) is 6.86. The molecule has 1 heterocycles. The largest absolute Gasteiger partial charge is 0.329 e. The van der Waals surface area contributed by atoms with Gasteiger partial charge in [-0.1, -0.05) is 25.1 Å². The van der Waals surface area contributed by atoms with Crippen LogP contribution in [-0.4, -0.2) is 49.1 Å². The predicted octanol–water partition coefficient (Wildman–Crippen LogP) is 2.26. The third-order valence-electron chi connectivity index (χ3n) is 4.07. The zero-order valence-electron chi connectivity index (χ0n) is 11.9. The SMILES string of the molecule is CCN1CCN(C(CN)c2cccc(C(F)F)c2)CC1. The van der Waals surface area contributed by atoms with E-state index < -0.39 is 6.43 Å². The molecule has 1 aromatic carbocycles. The molecule has 1 aliphatic rings. The first-order chi connectivity index (χ1) is 9.65. The first kappa shape index (κ1) is 15.4. The van der Waals surface area contributed by atoms with E-state index in [-0.39, 0.29) is 11.6 Å². The number of rotatable bonds is 5. The molecule has 1 aliphatic heterocycles. The van der Waals surface area contributed by atoms with Gasteiger partial charge in [-0.25, -0.2) is 8.78 Å². The summed E-state index contributed by atoms with van der Waals surface area (Å²) in [6, 6.07) is 6.69. The number of hydrogen-bond acceptors (Lipinski definition) is 3. The van der Waals surface area contributed by atoms with Crippen LogP contribution in [0.5, 0.6) is 0 Å². The third-order valence-corrected chi connectivity index (χ3v) is 4.07. The van der Waals surface area contributed by atoms with Gasteiger partial charge in [-0.2, -0.15) is 0 Å². The quantitative estimate of drug-likeness (QED) is 0.899. The molecule has 2 N–H and O–H groups in total. The molecule has 1 atom stereocenters. The van der Waals surface area contributed by atoms with Gasteiger partial charge in [-0.3, -0.25) is 4.90 Å². The van der Waals surface area contributed by atoms with Crippen molar-refractivity contribution in [1.82, 2.24) is 9.80 Å². The van der Waals surface area contributed by atoms with Crippen molar-refractivity contribution in [2.75, 3.05) is 39.3 Å². The lowest BCUT2D eigenvalue weighted by Crippen LogP contribution is -2.48. The number of piperazine rings is 1. The van der Waals surface area contributed by atoms with Crippen molar-refractivity contribution in [2.24, 2.45) is 5.73 Å². The van der Waals surface area contributed by atoms with E-state index in [0.29, 0.717) is 6.54 Å². The fourth-order valence-corrected chi connectivity index (χ4v) is 2.79. The van der Waals surface area contributed by atoms with E-state index in [2.05, 4.69) is 16.7 Å². The number of hydrogen-bond donors (Lipinski definition) is 1. The lowest BCUT2D eigenvalue weighted by molar-refractivity contribution is 0.102. The van der Waals surface area contributed by atoms with Gasteiger partial charge in [0.25, 0.3) is 6.43 Å². The van der Waals surface area contributed by atoms with Crippen molar-refractivity contribution >= 4 is 0 Å². The Bertz CT molecular complexity index is 417. The van der Waals surface area contributed by atoms with Gasteiger partial charge in [0.15, 0.2) is 0 Å². The molecule has 0 saturated carbocycles. The standard InChI is InChI=1S/C15H23F2N3/c1-2-19-6-8-20(9-7-19)14(11-18)12-4-3-5-13(10-12)15(16)17/h3-5,10,14-15H,2,6-9,11,18H2,1H3. The Balaban J connectivity index is 2.10. The molecule has 1 saturated heterocycles. The summed E-state index contributed by atoms with van der Waals surface area (Å²) in [6.45, 7) is 7.58. The molecule has 5 heteroatoms. The predicted molar refractivity (Wildman–Crippen MR) is 76.9 cm³/mol. The number of halogens is 2. The molecule has 0 aliphatic carbocycles. The topological polar surface area (TPSA) is 32.5 Å². The normalized spacial score (nSPS) is 19.4. The minimum Gasteiger partial charge on any atom is -0.329 e. The molecule has 112 valence electrons. The molecule has 0 bridgehead atoms. The van der Waals surface area contributed by atoms with E-state index in [0.717, 1.165) is 38.3 Å². The van der Waals surface area contributed by atoms with Crippen LogP contribution in [-0.2, 0) is 0 Å². The van der Waals surface area contributed by atoms with Crippen molar-refractivity contribution < 1.29 is 8.78 Å². The van der Waals surface area contributed by atoms with Gasteiger partial charge in [0.1, 0.15) is 0 Å². The highest BCUT2D eigenvalue weighted by molar-refractivity contribution is 5.27. The van der Waals surface area contributed by atoms with Gasteiger partial charge in [0, 0.05) is 44.3 Å². The summed E-state index contributed by atoms with van der Waals surface area (Å²) in [5, 5.41) is 0. The van der Waals surface area contributed by atoms with Crippen molar-refractivity contribution in [3.8, 4) is 0 Å². The molecule has 0 amide bonds. The lowest BCUT2D eigenvalue weighted by Gasteiger charge is -2.38. The van der Waals surface area contributed by atoms with Crippen LogP contribution in [0, 0.1) is 0 Å². The van der Waals surface area contributed by atoms with E-state index in [1.165, 1.54) is 6.07 Å². The first-order valence-corrected chi connectivity index (χ1v) is 7.20. The van der Waals surface area contributed by atoms with E-state index >= 15 is 0 Å². The molecular formula is C15H23F2N3. The Hall–Kier alpha value is -1.04. The van der Waals surface area contributed by atoms with E-state index in [4.69, 9.17) is 5.73 Å². The second-order valence-corrected chi connectivity index (χ2v) is 5.19. The maximum Gasteiger partial charge on any atom is 0.263 e. The molecule has 0 spiro atoms. The van der Waals surface area contributed by atoms with Gasteiger partial charge in [-0.15, -0.1) is 0 Å². The number of nitrogens with zero attached hydrogens (tertiary/aromatic N) is 2. The number of likely N-dealkylation sites (N-methyl/N-ethyl adjacent to an activating group) is 1. The van der Waals surface area contributed by atoms with Crippen LogP contribution in [0.3, 0.4) is 0 Å². The van der Waals surface area contributed by atoms with Crippen LogP contribution in [0.1, 0.15) is 30.5 Å². The Kier molecular flexibility index (Phi) is 5.46. The van der Waals surface area contributed by atoms with E-state index in [9.17, 15) is 8.78 Å². The maximum absolute atomic E-state index is 12.8. The second-order valence-electron chi connectivity index (χ2n) is 5.19. The summed E-state index contributed by atoms with van der Waals surface area (Å²) < 4.78 is 25.6. The molecule has 1 fully saturated rings. The Morgan fingerprint density at radius 1 is 1.15 bits per heavy atom. The van der Waals surface area contributed by atoms with Crippen molar-refractivity contribution in [1.29, 1.82) is 0 Å². The van der Waals surface area contributed by atoms with Crippen molar-refractivity contribution in [2.45, 2.75) is 19.4 Å². The van der Waals surface area contributed by atoms with Gasteiger partial charge >= 0.3 is 0 Å². The zero-order chi connectivity index (χ0) is 14.5. The average Bonchev–Trinajstić information content (AvgIpc) is 2.49. The summed E-state index contributed by atoms with van der Waals surface area (Å²) in [6.07, 6.45) is -2.43. The fraction of sp³-hybridized carbons (Fsp3) is 0.600. The average molecular weight is 283 g/mol. The smallest absolute Gasteiger partial charge is 0.263 e. The highest BCUT2D eigenvalue weighted by Gasteiger charge is 2.24. The van der Waals surface area contributed by atoms with Gasteiger partial charge < -0.3 is 10.6 Å². The fourth-order valence-electron chi connectivity index (χ4n) is 2.79. The summed E-state index contributed by atoms with van der Waals surface area (Å²) in [5.74, 6) is 0. The third kappa shape index (κ3) is 3.53. The maximum atomic E-state index is 12.8. The van der Waals surface area contributed by atoms with E-state index in [1.807, 2.05) is 6.07 Å². The van der Waals surface area contributed by atoms with Crippen LogP contribution < -0.4 is 5.73 Å². The monoisotopic (exact) mass is 283 g/mol. The van der Waals surface area contributed by atoms with Crippen LogP contribution in [0.25, 0.3) is 0 Å². The van der Waals surface area contributed by atoms with E-state index in [1.54, 1.807) is 12.1 Å². The minimum absolute atomic E-state index is 0.0349. The van der Waals surface area contributed by atoms with Crippen molar-refractivity contribution in [3.63, 3.8) is 0 Å². The number of benzene rings is 1. The summed E-state index contributed by atoms with van der Waals surface area (Å²) in [4.78, 5) is 4.69. The Morgan fingerprint density at radius 2 is 1.80 bits per heavy atom. The van der Waals surface area contributed by atoms with Crippen LogP contribution in [0.4, 0.5) is 8.78 Å². The molecule has 2 rings (SSSR count). The van der Waals surface area contributed by atoms with Crippen LogP contribution in [0.15, 0.2) is 24.3 Å². The number of nitrogens with two attached hydrogens (primary N) is 1. The lowest BCUT2D eigenvalue weighted by atomic mass is 10.0. The second kappa shape index (κ2) is 7.11.